The Morgan fingerprint density at radius 3 is 2.93 bits per heavy atom. The van der Waals surface area contributed by atoms with E-state index < -0.39 is 0 Å². The van der Waals surface area contributed by atoms with Crippen molar-refractivity contribution in [2.75, 3.05) is 23.9 Å². The van der Waals surface area contributed by atoms with Gasteiger partial charge in [0.25, 0.3) is 0 Å². The van der Waals surface area contributed by atoms with E-state index >= 15 is 0 Å². The molecule has 0 atom stereocenters. The van der Waals surface area contributed by atoms with Crippen LogP contribution < -0.4 is 11.1 Å². The Hall–Kier alpha value is -0.810. The Morgan fingerprint density at radius 1 is 1.60 bits per heavy atom. The van der Waals surface area contributed by atoms with Gasteiger partial charge in [-0.2, -0.15) is 11.8 Å². The number of anilines is 1. The third-order valence-corrected chi connectivity index (χ3v) is 2.78. The first kappa shape index (κ1) is 12.3. The summed E-state index contributed by atoms with van der Waals surface area (Å²) in [6.45, 7) is 0.967. The summed E-state index contributed by atoms with van der Waals surface area (Å²) in [5.74, 6) is 1.17. The van der Waals surface area contributed by atoms with Crippen molar-refractivity contribution >= 4 is 34.7 Å². The summed E-state index contributed by atoms with van der Waals surface area (Å²) in [5, 5.41) is 3.29. The molecule has 1 heterocycles. The van der Waals surface area contributed by atoms with Gasteiger partial charge in [0.15, 0.2) is 0 Å². The molecular weight excluding hydrogens is 226 g/mol. The highest BCUT2D eigenvalue weighted by molar-refractivity contribution is 7.98. The van der Waals surface area contributed by atoms with E-state index in [1.807, 2.05) is 23.9 Å². The molecule has 0 spiro atoms. The van der Waals surface area contributed by atoms with Crippen LogP contribution in [0.25, 0.3) is 0 Å². The van der Waals surface area contributed by atoms with Gasteiger partial charge in [-0.25, -0.2) is 0 Å². The molecular formula is C10H15N3S2. The lowest BCUT2D eigenvalue weighted by Gasteiger charge is -2.05. The van der Waals surface area contributed by atoms with Crippen molar-refractivity contribution in [1.29, 1.82) is 0 Å². The number of nitrogens with two attached hydrogens (primary N) is 1. The highest BCUT2D eigenvalue weighted by Crippen LogP contribution is 2.06. The zero-order valence-electron chi connectivity index (χ0n) is 8.69. The zero-order chi connectivity index (χ0) is 11.1. The summed E-state index contributed by atoms with van der Waals surface area (Å²) in [5.41, 5.74) is 7.13. The smallest absolute Gasteiger partial charge is 0.122 e. The lowest BCUT2D eigenvalue weighted by molar-refractivity contribution is 0.990. The lowest BCUT2D eigenvalue weighted by Crippen LogP contribution is -2.11. The number of thiocarbonyl (C=S) groups is 1. The first-order valence-corrected chi connectivity index (χ1v) is 6.53. The molecule has 1 aromatic rings. The monoisotopic (exact) mass is 241 g/mol. The van der Waals surface area contributed by atoms with Gasteiger partial charge in [0.2, 0.25) is 0 Å². The maximum atomic E-state index is 5.45. The molecule has 0 radical (unpaired) electrons. The van der Waals surface area contributed by atoms with Crippen molar-refractivity contribution in [3.63, 3.8) is 0 Å². The van der Waals surface area contributed by atoms with E-state index in [0.717, 1.165) is 18.7 Å². The van der Waals surface area contributed by atoms with Crippen molar-refractivity contribution in [2.45, 2.75) is 6.42 Å². The van der Waals surface area contributed by atoms with Crippen LogP contribution >= 0.6 is 24.0 Å². The zero-order valence-corrected chi connectivity index (χ0v) is 10.3. The Bertz CT molecular complexity index is 311. The average Bonchev–Trinajstić information content (AvgIpc) is 2.25. The molecule has 15 heavy (non-hydrogen) atoms. The maximum Gasteiger partial charge on any atom is 0.122 e. The number of aromatic nitrogens is 1. The van der Waals surface area contributed by atoms with Gasteiger partial charge >= 0.3 is 0 Å². The minimum absolute atomic E-state index is 0.337. The van der Waals surface area contributed by atoms with E-state index in [4.69, 9.17) is 18.0 Å². The van der Waals surface area contributed by atoms with Crippen molar-refractivity contribution < 1.29 is 0 Å². The molecule has 0 aromatic carbocycles. The fourth-order valence-electron chi connectivity index (χ4n) is 1.09. The number of nitrogens with one attached hydrogen (secondary N) is 1. The fraction of sp³-hybridized carbons (Fsp3) is 0.400. The second-order valence-electron chi connectivity index (χ2n) is 3.07. The van der Waals surface area contributed by atoms with Gasteiger partial charge in [-0.15, -0.1) is 0 Å². The molecule has 3 nitrogen and oxygen atoms in total. The van der Waals surface area contributed by atoms with Gasteiger partial charge in [0, 0.05) is 6.54 Å². The van der Waals surface area contributed by atoms with Crippen LogP contribution in [0.4, 0.5) is 5.69 Å². The van der Waals surface area contributed by atoms with Crippen molar-refractivity contribution in [3.8, 4) is 0 Å². The summed E-state index contributed by atoms with van der Waals surface area (Å²) >= 11 is 6.67. The van der Waals surface area contributed by atoms with E-state index in [9.17, 15) is 0 Å². The van der Waals surface area contributed by atoms with E-state index in [1.54, 1.807) is 6.20 Å². The van der Waals surface area contributed by atoms with Gasteiger partial charge in [-0.05, 0) is 30.6 Å². The van der Waals surface area contributed by atoms with E-state index in [0.29, 0.717) is 10.7 Å². The first-order chi connectivity index (χ1) is 7.24. The fourth-order valence-corrected chi connectivity index (χ4v) is 1.65. The highest BCUT2D eigenvalue weighted by Gasteiger charge is 1.97. The van der Waals surface area contributed by atoms with Crippen LogP contribution in [0, 0.1) is 0 Å². The number of hydrogen-bond acceptors (Lipinski definition) is 4. The first-order valence-electron chi connectivity index (χ1n) is 4.72. The number of pyridine rings is 1. The van der Waals surface area contributed by atoms with Crippen LogP contribution in [-0.2, 0) is 0 Å². The van der Waals surface area contributed by atoms with Crippen LogP contribution in [0.2, 0.25) is 0 Å². The van der Waals surface area contributed by atoms with Gasteiger partial charge < -0.3 is 11.1 Å². The molecule has 82 valence electrons. The summed E-state index contributed by atoms with van der Waals surface area (Å²) in [6, 6.07) is 3.78. The molecule has 0 unspecified atom stereocenters. The summed E-state index contributed by atoms with van der Waals surface area (Å²) in [6.07, 6.45) is 5.02. The van der Waals surface area contributed by atoms with E-state index in [2.05, 4.69) is 16.6 Å². The molecule has 0 amide bonds. The normalized spacial score (nSPS) is 9.93. The predicted molar refractivity (Wildman–Crippen MR) is 71.6 cm³/mol. The quantitative estimate of drug-likeness (QED) is 0.588. The Morgan fingerprint density at radius 2 is 2.40 bits per heavy atom. The molecule has 0 saturated heterocycles. The average molecular weight is 241 g/mol. The topological polar surface area (TPSA) is 50.9 Å². The Labute approximate surface area is 99.8 Å². The third kappa shape index (κ3) is 4.48. The molecule has 1 rings (SSSR count). The van der Waals surface area contributed by atoms with E-state index in [1.165, 1.54) is 5.75 Å². The van der Waals surface area contributed by atoms with Crippen molar-refractivity contribution in [2.24, 2.45) is 5.73 Å². The Kier molecular flexibility index (Phi) is 5.42. The minimum Gasteiger partial charge on any atom is -0.388 e. The van der Waals surface area contributed by atoms with Crippen molar-refractivity contribution in [1.82, 2.24) is 4.98 Å². The van der Waals surface area contributed by atoms with Gasteiger partial charge in [0.1, 0.15) is 4.99 Å². The van der Waals surface area contributed by atoms with Crippen molar-refractivity contribution in [3.05, 3.63) is 24.0 Å². The molecule has 5 heteroatoms. The molecule has 3 N–H and O–H groups in total. The molecule has 0 aliphatic carbocycles. The number of rotatable bonds is 6. The largest absolute Gasteiger partial charge is 0.388 e. The van der Waals surface area contributed by atoms with Crippen LogP contribution in [0.3, 0.4) is 0 Å². The van der Waals surface area contributed by atoms with Gasteiger partial charge in [-0.1, -0.05) is 12.2 Å². The number of thioether (sulfide) groups is 1. The number of nitrogens with zero attached hydrogens (tertiary/aromatic N) is 1. The molecule has 0 bridgehead atoms. The molecule has 0 aliphatic heterocycles. The second-order valence-corrected chi connectivity index (χ2v) is 4.49. The molecule has 0 saturated carbocycles. The van der Waals surface area contributed by atoms with Crippen LogP contribution in [0.5, 0.6) is 0 Å². The van der Waals surface area contributed by atoms with Gasteiger partial charge in [0.05, 0.1) is 17.6 Å². The molecule has 0 aliphatic rings. The lowest BCUT2D eigenvalue weighted by atomic mass is 10.3. The summed E-state index contributed by atoms with van der Waals surface area (Å²) in [4.78, 5) is 4.48. The second kappa shape index (κ2) is 6.63. The standard InChI is InChI=1S/C10H15N3S2/c1-15-6-2-5-12-8-3-4-9(10(11)14)13-7-8/h3-4,7,12H,2,5-6H2,1H3,(H2,11,14). The number of hydrogen-bond donors (Lipinski definition) is 2. The van der Waals surface area contributed by atoms with Crippen LogP contribution in [0.15, 0.2) is 18.3 Å². The van der Waals surface area contributed by atoms with Crippen LogP contribution in [-0.4, -0.2) is 28.5 Å². The van der Waals surface area contributed by atoms with E-state index in [-0.39, 0.29) is 0 Å². The third-order valence-electron chi connectivity index (χ3n) is 1.87. The summed E-state index contributed by atoms with van der Waals surface area (Å²) in [7, 11) is 0. The summed E-state index contributed by atoms with van der Waals surface area (Å²) < 4.78 is 0. The van der Waals surface area contributed by atoms with Crippen LogP contribution in [0.1, 0.15) is 12.1 Å². The minimum atomic E-state index is 0.337. The molecule has 1 aromatic heterocycles. The maximum absolute atomic E-state index is 5.45. The molecule has 0 fully saturated rings. The predicted octanol–water partition coefficient (Wildman–Crippen LogP) is 1.88. The highest BCUT2D eigenvalue weighted by atomic mass is 32.2. The SMILES string of the molecule is CSCCCNc1ccc(C(N)=S)nc1. The Balaban J connectivity index is 2.39. The van der Waals surface area contributed by atoms with Gasteiger partial charge in [-0.3, -0.25) is 4.98 Å².